The van der Waals surface area contributed by atoms with Gasteiger partial charge in [0.1, 0.15) is 0 Å². The molecule has 0 radical (unpaired) electrons. The van der Waals surface area contributed by atoms with Crippen molar-refractivity contribution in [1.29, 1.82) is 0 Å². The fraction of sp³-hybridized carbons (Fsp3) is 0.133. The third kappa shape index (κ3) is 2.44. The number of aromatic nitrogens is 4. The minimum Gasteiger partial charge on any atom is -0.324 e. The van der Waals surface area contributed by atoms with E-state index in [1.165, 1.54) is 4.80 Å². The normalized spacial score (nSPS) is 12.3. The van der Waals surface area contributed by atoms with E-state index >= 15 is 0 Å². The maximum Gasteiger partial charge on any atom is 0.205 e. The van der Waals surface area contributed by atoms with Crippen LogP contribution in [0, 0.1) is 0 Å². The second kappa shape index (κ2) is 5.22. The Balaban J connectivity index is 1.90. The Hall–Kier alpha value is -2.53. The van der Waals surface area contributed by atoms with E-state index < -0.39 is 0 Å². The smallest absolute Gasteiger partial charge is 0.205 e. The number of hydrogen-bond acceptors (Lipinski definition) is 4. The first kappa shape index (κ1) is 12.5. The fourth-order valence-electron chi connectivity index (χ4n) is 1.94. The second-order valence-corrected chi connectivity index (χ2v) is 4.65. The van der Waals surface area contributed by atoms with E-state index in [0.29, 0.717) is 5.82 Å². The Morgan fingerprint density at radius 1 is 1.00 bits per heavy atom. The maximum absolute atomic E-state index is 5.83. The molecule has 0 aliphatic heterocycles. The zero-order valence-electron chi connectivity index (χ0n) is 11.1. The number of benzene rings is 2. The summed E-state index contributed by atoms with van der Waals surface area (Å²) >= 11 is 0. The lowest BCUT2D eigenvalue weighted by Gasteiger charge is -2.05. The molecule has 2 N–H and O–H groups in total. The lowest BCUT2D eigenvalue weighted by molar-refractivity contribution is 0.718. The number of nitrogens with zero attached hydrogens (tertiary/aromatic N) is 4. The molecule has 1 unspecified atom stereocenters. The van der Waals surface area contributed by atoms with E-state index in [1.54, 1.807) is 0 Å². The molecule has 2 aromatic carbocycles. The second-order valence-electron chi connectivity index (χ2n) is 4.65. The van der Waals surface area contributed by atoms with Crippen molar-refractivity contribution in [2.45, 2.75) is 13.0 Å². The van der Waals surface area contributed by atoms with Crippen LogP contribution in [0.5, 0.6) is 0 Å². The largest absolute Gasteiger partial charge is 0.324 e. The summed E-state index contributed by atoms with van der Waals surface area (Å²) in [5.74, 6) is 0.613. The highest BCUT2D eigenvalue weighted by molar-refractivity contribution is 5.53. The number of tetrazole rings is 1. The summed E-state index contributed by atoms with van der Waals surface area (Å²) in [6.07, 6.45) is 0. The van der Waals surface area contributed by atoms with Gasteiger partial charge in [-0.15, -0.1) is 15.0 Å². The zero-order chi connectivity index (χ0) is 13.9. The molecule has 0 saturated carbocycles. The van der Waals surface area contributed by atoms with Gasteiger partial charge in [0.2, 0.25) is 5.82 Å². The van der Waals surface area contributed by atoms with E-state index in [1.807, 2.05) is 61.5 Å². The third-order valence-corrected chi connectivity index (χ3v) is 3.10. The highest BCUT2D eigenvalue weighted by atomic mass is 15.6. The molecule has 0 spiro atoms. The average molecular weight is 265 g/mol. The van der Waals surface area contributed by atoms with Crippen LogP contribution in [-0.4, -0.2) is 20.2 Å². The predicted octanol–water partition coefficient (Wildman–Crippen LogP) is 2.35. The van der Waals surface area contributed by atoms with Crippen molar-refractivity contribution in [3.8, 4) is 17.1 Å². The Morgan fingerprint density at radius 2 is 1.70 bits per heavy atom. The van der Waals surface area contributed by atoms with E-state index in [9.17, 15) is 0 Å². The summed E-state index contributed by atoms with van der Waals surface area (Å²) in [6.45, 7) is 1.95. The van der Waals surface area contributed by atoms with Crippen molar-refractivity contribution in [2.24, 2.45) is 5.73 Å². The van der Waals surface area contributed by atoms with Gasteiger partial charge in [0.25, 0.3) is 0 Å². The topological polar surface area (TPSA) is 69.6 Å². The van der Waals surface area contributed by atoms with Gasteiger partial charge in [-0.3, -0.25) is 0 Å². The van der Waals surface area contributed by atoms with Crippen LogP contribution in [0.15, 0.2) is 54.6 Å². The maximum atomic E-state index is 5.83. The van der Waals surface area contributed by atoms with Gasteiger partial charge in [-0.05, 0) is 29.8 Å². The van der Waals surface area contributed by atoms with Crippen LogP contribution in [0.3, 0.4) is 0 Å². The molecule has 5 heteroatoms. The summed E-state index contributed by atoms with van der Waals surface area (Å²) in [6, 6.07) is 17.6. The van der Waals surface area contributed by atoms with Crippen LogP contribution >= 0.6 is 0 Å². The van der Waals surface area contributed by atoms with Gasteiger partial charge < -0.3 is 5.73 Å². The van der Waals surface area contributed by atoms with E-state index in [-0.39, 0.29) is 6.04 Å². The summed E-state index contributed by atoms with van der Waals surface area (Å²) in [7, 11) is 0. The van der Waals surface area contributed by atoms with E-state index in [2.05, 4.69) is 15.4 Å². The first-order valence-corrected chi connectivity index (χ1v) is 6.45. The Morgan fingerprint density at radius 3 is 2.35 bits per heavy atom. The van der Waals surface area contributed by atoms with Crippen LogP contribution in [-0.2, 0) is 0 Å². The Kier molecular flexibility index (Phi) is 3.26. The van der Waals surface area contributed by atoms with Crippen LogP contribution in [0.2, 0.25) is 0 Å². The first-order valence-electron chi connectivity index (χ1n) is 6.45. The van der Waals surface area contributed by atoms with Crippen molar-refractivity contribution in [3.63, 3.8) is 0 Å². The van der Waals surface area contributed by atoms with Gasteiger partial charge >= 0.3 is 0 Å². The quantitative estimate of drug-likeness (QED) is 0.789. The molecular weight excluding hydrogens is 250 g/mol. The van der Waals surface area contributed by atoms with Crippen LogP contribution in [0.4, 0.5) is 0 Å². The predicted molar refractivity (Wildman–Crippen MR) is 77.2 cm³/mol. The SMILES string of the molecule is CC(N)c1ccc(-n2nnc(-c3ccccc3)n2)cc1. The van der Waals surface area contributed by atoms with Gasteiger partial charge in [-0.1, -0.05) is 42.5 Å². The van der Waals surface area contributed by atoms with Crippen LogP contribution in [0.1, 0.15) is 18.5 Å². The Labute approximate surface area is 117 Å². The van der Waals surface area contributed by atoms with E-state index in [0.717, 1.165) is 16.8 Å². The number of nitrogens with two attached hydrogens (primary N) is 1. The number of rotatable bonds is 3. The minimum atomic E-state index is 0.0210. The molecule has 5 nitrogen and oxygen atoms in total. The molecule has 0 fully saturated rings. The van der Waals surface area contributed by atoms with Gasteiger partial charge in [0.05, 0.1) is 5.69 Å². The molecular formula is C15H15N5. The molecule has 0 amide bonds. The standard InChI is InChI=1S/C15H15N5/c1-11(16)12-7-9-14(10-8-12)20-18-15(17-19-20)13-5-3-2-4-6-13/h2-11H,16H2,1H3. The lowest BCUT2D eigenvalue weighted by Crippen LogP contribution is -2.05. The molecule has 3 aromatic rings. The molecule has 0 aliphatic carbocycles. The number of hydrogen-bond donors (Lipinski definition) is 1. The zero-order valence-corrected chi connectivity index (χ0v) is 11.1. The van der Waals surface area contributed by atoms with Crippen LogP contribution in [0.25, 0.3) is 17.1 Å². The lowest BCUT2D eigenvalue weighted by atomic mass is 10.1. The van der Waals surface area contributed by atoms with E-state index in [4.69, 9.17) is 5.73 Å². The fourth-order valence-corrected chi connectivity index (χ4v) is 1.94. The average Bonchev–Trinajstić information content (AvgIpc) is 2.98. The third-order valence-electron chi connectivity index (χ3n) is 3.10. The van der Waals surface area contributed by atoms with Crippen molar-refractivity contribution < 1.29 is 0 Å². The molecule has 0 aliphatic rings. The molecule has 0 bridgehead atoms. The minimum absolute atomic E-state index is 0.0210. The summed E-state index contributed by atoms with van der Waals surface area (Å²) in [4.78, 5) is 1.52. The highest BCUT2D eigenvalue weighted by Gasteiger charge is 2.07. The van der Waals surface area contributed by atoms with Gasteiger partial charge in [-0.25, -0.2) is 0 Å². The van der Waals surface area contributed by atoms with Crippen LogP contribution < -0.4 is 5.73 Å². The Bertz CT molecular complexity index is 686. The van der Waals surface area contributed by atoms with Crippen molar-refractivity contribution >= 4 is 0 Å². The molecule has 1 aromatic heterocycles. The van der Waals surface area contributed by atoms with Gasteiger partial charge in [0.15, 0.2) is 0 Å². The van der Waals surface area contributed by atoms with Gasteiger partial charge in [-0.2, -0.15) is 0 Å². The summed E-state index contributed by atoms with van der Waals surface area (Å²) < 4.78 is 0. The molecule has 1 atom stereocenters. The molecule has 3 rings (SSSR count). The molecule has 100 valence electrons. The van der Waals surface area contributed by atoms with Gasteiger partial charge in [0, 0.05) is 11.6 Å². The monoisotopic (exact) mass is 265 g/mol. The van der Waals surface area contributed by atoms with Crippen molar-refractivity contribution in [2.75, 3.05) is 0 Å². The van der Waals surface area contributed by atoms with Crippen molar-refractivity contribution in [1.82, 2.24) is 20.2 Å². The highest BCUT2D eigenvalue weighted by Crippen LogP contribution is 2.15. The molecule has 20 heavy (non-hydrogen) atoms. The first-order chi connectivity index (χ1) is 9.74. The molecule has 0 saturated heterocycles. The summed E-state index contributed by atoms with van der Waals surface area (Å²) in [5.41, 5.74) is 8.73. The molecule has 1 heterocycles. The summed E-state index contributed by atoms with van der Waals surface area (Å²) in [5, 5.41) is 12.5. The van der Waals surface area contributed by atoms with Crippen molar-refractivity contribution in [3.05, 3.63) is 60.2 Å².